The molecular weight excluding hydrogens is 401 g/mol. The molecule has 1 aromatic carbocycles. The summed E-state index contributed by atoms with van der Waals surface area (Å²) in [5.74, 6) is 0. The largest absolute Gasteiger partial charge is 0.310 e. The van der Waals surface area contributed by atoms with Crippen molar-refractivity contribution in [3.63, 3.8) is 0 Å². The Balaban J connectivity index is 2.11. The lowest BCUT2D eigenvalue weighted by Gasteiger charge is -2.20. The number of hydrogen-bond acceptors (Lipinski definition) is 2. The molecule has 2 rings (SSSR count). The first-order valence-electron chi connectivity index (χ1n) is 6.91. The Kier molecular flexibility index (Phi) is 6.81. The average Bonchev–Trinajstić information content (AvgIpc) is 2.95. The minimum Gasteiger partial charge on any atom is -0.310 e. The summed E-state index contributed by atoms with van der Waals surface area (Å²) >= 11 is 10.4. The van der Waals surface area contributed by atoms with Gasteiger partial charge in [0, 0.05) is 19.5 Å². The Hall–Kier alpha value is -0.100. The fourth-order valence-corrected chi connectivity index (χ4v) is 3.83. The van der Waals surface area contributed by atoms with Gasteiger partial charge in [0.15, 0.2) is 0 Å². The normalized spacial score (nSPS) is 12.6. The quantitative estimate of drug-likeness (QED) is 0.569. The Morgan fingerprint density at radius 1 is 1.35 bits per heavy atom. The second-order valence-corrected chi connectivity index (χ2v) is 7.42. The van der Waals surface area contributed by atoms with E-state index in [0.29, 0.717) is 6.04 Å². The molecule has 20 heavy (non-hydrogen) atoms. The van der Waals surface area contributed by atoms with Crippen LogP contribution in [0.15, 0.2) is 35.7 Å². The predicted octanol–water partition coefficient (Wildman–Crippen LogP) is 5.68. The molecule has 108 valence electrons. The van der Waals surface area contributed by atoms with Crippen LogP contribution in [0.5, 0.6) is 0 Å². The highest BCUT2D eigenvalue weighted by molar-refractivity contribution is 14.1. The molecule has 0 fully saturated rings. The van der Waals surface area contributed by atoms with Gasteiger partial charge in [-0.15, -0.1) is 11.3 Å². The highest BCUT2D eigenvalue weighted by Gasteiger charge is 2.14. The smallest absolute Gasteiger partial charge is 0.0410 e. The minimum absolute atomic E-state index is 0.377. The summed E-state index contributed by atoms with van der Waals surface area (Å²) in [5, 5.41) is 6.62. The molecule has 0 bridgehead atoms. The zero-order valence-electron chi connectivity index (χ0n) is 11.5. The summed E-state index contributed by atoms with van der Waals surface area (Å²) in [7, 11) is 0. The molecule has 0 saturated heterocycles. The number of halogens is 2. The van der Waals surface area contributed by atoms with Crippen molar-refractivity contribution in [3.05, 3.63) is 54.7 Å². The molecule has 4 heteroatoms. The maximum absolute atomic E-state index is 6.17. The van der Waals surface area contributed by atoms with Crippen LogP contribution in [-0.2, 0) is 6.42 Å². The predicted molar refractivity (Wildman–Crippen MR) is 97.8 cm³/mol. The van der Waals surface area contributed by atoms with Crippen LogP contribution >= 0.6 is 45.5 Å². The SMILES string of the molecule is CCCNC(CCc1cccs1)c1cc(Cl)ccc1I. The van der Waals surface area contributed by atoms with Gasteiger partial charge in [-0.2, -0.15) is 0 Å². The number of benzene rings is 1. The standard InChI is InChI=1S/C16H19ClINS/c1-2-9-19-16(8-6-13-4-3-10-20-13)14-11-12(17)5-7-15(14)18/h3-5,7,10-11,16,19H,2,6,8-9H2,1H3. The molecule has 0 saturated carbocycles. The van der Waals surface area contributed by atoms with Crippen molar-refractivity contribution in [3.8, 4) is 0 Å². The molecule has 0 spiro atoms. The van der Waals surface area contributed by atoms with E-state index in [1.54, 1.807) is 0 Å². The van der Waals surface area contributed by atoms with Gasteiger partial charge in [0.1, 0.15) is 0 Å². The van der Waals surface area contributed by atoms with E-state index in [-0.39, 0.29) is 0 Å². The maximum Gasteiger partial charge on any atom is 0.0410 e. The van der Waals surface area contributed by atoms with Crippen LogP contribution in [-0.4, -0.2) is 6.54 Å². The first-order valence-corrected chi connectivity index (χ1v) is 9.25. The van der Waals surface area contributed by atoms with E-state index in [1.165, 1.54) is 14.0 Å². The summed E-state index contributed by atoms with van der Waals surface area (Å²) in [6, 6.07) is 10.9. The Morgan fingerprint density at radius 2 is 2.20 bits per heavy atom. The summed E-state index contributed by atoms with van der Waals surface area (Å²) < 4.78 is 1.28. The van der Waals surface area contributed by atoms with Gasteiger partial charge in [0.25, 0.3) is 0 Å². The number of rotatable bonds is 7. The van der Waals surface area contributed by atoms with E-state index in [0.717, 1.165) is 30.8 Å². The van der Waals surface area contributed by atoms with Crippen LogP contribution in [0, 0.1) is 3.57 Å². The van der Waals surface area contributed by atoms with Gasteiger partial charge in [0.05, 0.1) is 0 Å². The molecule has 0 aliphatic heterocycles. The molecule has 1 nitrogen and oxygen atoms in total. The number of nitrogens with one attached hydrogen (secondary N) is 1. The maximum atomic E-state index is 6.17. The third-order valence-electron chi connectivity index (χ3n) is 3.23. The van der Waals surface area contributed by atoms with Crippen LogP contribution in [0.4, 0.5) is 0 Å². The van der Waals surface area contributed by atoms with Crippen LogP contribution in [0.25, 0.3) is 0 Å². The van der Waals surface area contributed by atoms with E-state index in [4.69, 9.17) is 11.6 Å². The van der Waals surface area contributed by atoms with Gasteiger partial charge in [-0.05, 0) is 83.6 Å². The molecule has 1 atom stereocenters. The lowest BCUT2D eigenvalue weighted by molar-refractivity contribution is 0.499. The van der Waals surface area contributed by atoms with E-state index in [2.05, 4.69) is 64.5 Å². The highest BCUT2D eigenvalue weighted by atomic mass is 127. The monoisotopic (exact) mass is 419 g/mol. The van der Waals surface area contributed by atoms with Crippen molar-refractivity contribution >= 4 is 45.5 Å². The molecule has 2 aromatic rings. The van der Waals surface area contributed by atoms with E-state index < -0.39 is 0 Å². The first kappa shape index (κ1) is 16.3. The Bertz CT molecular complexity index is 527. The number of hydrogen-bond donors (Lipinski definition) is 1. The van der Waals surface area contributed by atoms with E-state index >= 15 is 0 Å². The molecule has 0 aliphatic carbocycles. The van der Waals surface area contributed by atoms with Gasteiger partial charge >= 0.3 is 0 Å². The van der Waals surface area contributed by atoms with Crippen LogP contribution in [0.1, 0.15) is 36.2 Å². The molecule has 1 unspecified atom stereocenters. The molecule has 1 heterocycles. The Morgan fingerprint density at radius 3 is 2.90 bits per heavy atom. The summed E-state index contributed by atoms with van der Waals surface area (Å²) in [6.07, 6.45) is 3.37. The van der Waals surface area contributed by atoms with Crippen molar-refractivity contribution in [1.29, 1.82) is 0 Å². The lowest BCUT2D eigenvalue weighted by Crippen LogP contribution is -2.23. The highest BCUT2D eigenvalue weighted by Crippen LogP contribution is 2.27. The van der Waals surface area contributed by atoms with Gasteiger partial charge in [0.2, 0.25) is 0 Å². The van der Waals surface area contributed by atoms with Crippen molar-refractivity contribution in [1.82, 2.24) is 5.32 Å². The Labute approximate surface area is 143 Å². The van der Waals surface area contributed by atoms with Gasteiger partial charge in [-0.3, -0.25) is 0 Å². The van der Waals surface area contributed by atoms with Gasteiger partial charge in [-0.25, -0.2) is 0 Å². The van der Waals surface area contributed by atoms with Crippen LogP contribution < -0.4 is 5.32 Å². The van der Waals surface area contributed by atoms with E-state index in [1.807, 2.05) is 17.4 Å². The van der Waals surface area contributed by atoms with E-state index in [9.17, 15) is 0 Å². The van der Waals surface area contributed by atoms with Gasteiger partial charge in [-0.1, -0.05) is 24.6 Å². The van der Waals surface area contributed by atoms with Crippen LogP contribution in [0.3, 0.4) is 0 Å². The minimum atomic E-state index is 0.377. The second-order valence-electron chi connectivity index (χ2n) is 4.79. The second kappa shape index (κ2) is 8.37. The molecule has 0 amide bonds. The third kappa shape index (κ3) is 4.72. The molecule has 1 aromatic heterocycles. The molecule has 0 aliphatic rings. The number of thiophene rings is 1. The molecule has 0 radical (unpaired) electrons. The fraction of sp³-hybridized carbons (Fsp3) is 0.375. The van der Waals surface area contributed by atoms with Crippen molar-refractivity contribution < 1.29 is 0 Å². The topological polar surface area (TPSA) is 12.0 Å². The van der Waals surface area contributed by atoms with Crippen molar-refractivity contribution in [2.45, 2.75) is 32.2 Å². The molecular formula is C16H19ClINS. The summed E-state index contributed by atoms with van der Waals surface area (Å²) in [5.41, 5.74) is 1.32. The van der Waals surface area contributed by atoms with Crippen molar-refractivity contribution in [2.24, 2.45) is 0 Å². The lowest BCUT2D eigenvalue weighted by atomic mass is 10.0. The molecule has 1 N–H and O–H groups in total. The first-order chi connectivity index (χ1) is 9.70. The number of aryl methyl sites for hydroxylation is 1. The summed E-state index contributed by atoms with van der Waals surface area (Å²) in [6.45, 7) is 3.24. The zero-order chi connectivity index (χ0) is 14.4. The average molecular weight is 420 g/mol. The van der Waals surface area contributed by atoms with Crippen LogP contribution in [0.2, 0.25) is 5.02 Å². The van der Waals surface area contributed by atoms with Crippen molar-refractivity contribution in [2.75, 3.05) is 6.54 Å². The summed E-state index contributed by atoms with van der Waals surface area (Å²) in [4.78, 5) is 1.45. The zero-order valence-corrected chi connectivity index (χ0v) is 15.3. The fourth-order valence-electron chi connectivity index (χ4n) is 2.21. The van der Waals surface area contributed by atoms with Gasteiger partial charge < -0.3 is 5.32 Å². The third-order valence-corrected chi connectivity index (χ3v) is 5.39.